The molecule has 0 radical (unpaired) electrons. The molecular weight excluding hydrogens is 286 g/mol. The number of aromatic nitrogens is 2. The van der Waals surface area contributed by atoms with Crippen molar-refractivity contribution in [1.82, 2.24) is 9.97 Å². The van der Waals surface area contributed by atoms with Gasteiger partial charge >= 0.3 is 0 Å². The van der Waals surface area contributed by atoms with Crippen molar-refractivity contribution in [2.45, 2.75) is 26.7 Å². The summed E-state index contributed by atoms with van der Waals surface area (Å²) in [5.74, 6) is 2.12. The molecular formula is C16H20ClN3O. The Morgan fingerprint density at radius 3 is 2.52 bits per heavy atom. The predicted octanol–water partition coefficient (Wildman–Crippen LogP) is 4.42. The first kappa shape index (κ1) is 15.6. The SMILES string of the molecule is Cc1c(Cl)nc(C(C)C)nc1Oc1cccc(N(C)C)c1. The Morgan fingerprint density at radius 2 is 1.90 bits per heavy atom. The van der Waals surface area contributed by atoms with Crippen molar-refractivity contribution in [2.75, 3.05) is 19.0 Å². The number of nitrogens with zero attached hydrogens (tertiary/aromatic N) is 3. The highest BCUT2D eigenvalue weighted by Crippen LogP contribution is 2.30. The van der Waals surface area contributed by atoms with Crippen LogP contribution in [-0.2, 0) is 0 Å². The summed E-state index contributed by atoms with van der Waals surface area (Å²) >= 11 is 6.17. The van der Waals surface area contributed by atoms with Gasteiger partial charge in [0.2, 0.25) is 5.88 Å². The zero-order valence-corrected chi connectivity index (χ0v) is 13.8. The van der Waals surface area contributed by atoms with Crippen LogP contribution in [0.25, 0.3) is 0 Å². The van der Waals surface area contributed by atoms with Crippen LogP contribution in [-0.4, -0.2) is 24.1 Å². The molecule has 0 bridgehead atoms. The minimum Gasteiger partial charge on any atom is -0.438 e. The van der Waals surface area contributed by atoms with Gasteiger partial charge < -0.3 is 9.64 Å². The molecule has 5 heteroatoms. The van der Waals surface area contributed by atoms with Crippen LogP contribution in [0.2, 0.25) is 5.15 Å². The van der Waals surface area contributed by atoms with E-state index in [0.717, 1.165) is 17.0 Å². The van der Waals surface area contributed by atoms with Gasteiger partial charge in [0.25, 0.3) is 0 Å². The molecule has 2 rings (SSSR count). The minimum atomic E-state index is 0.193. The lowest BCUT2D eigenvalue weighted by atomic mass is 10.2. The first-order valence-electron chi connectivity index (χ1n) is 6.87. The number of anilines is 1. The molecule has 21 heavy (non-hydrogen) atoms. The third-order valence-electron chi connectivity index (χ3n) is 3.12. The first-order chi connectivity index (χ1) is 9.88. The molecule has 0 saturated heterocycles. The highest BCUT2D eigenvalue weighted by molar-refractivity contribution is 6.30. The molecule has 0 aliphatic rings. The van der Waals surface area contributed by atoms with Crippen LogP contribution in [0.3, 0.4) is 0 Å². The molecule has 0 N–H and O–H groups in total. The monoisotopic (exact) mass is 305 g/mol. The summed E-state index contributed by atoms with van der Waals surface area (Å²) in [5, 5.41) is 0.437. The van der Waals surface area contributed by atoms with Gasteiger partial charge in [-0.1, -0.05) is 31.5 Å². The van der Waals surface area contributed by atoms with Crippen LogP contribution in [0.1, 0.15) is 31.2 Å². The van der Waals surface area contributed by atoms with Crippen molar-refractivity contribution in [3.8, 4) is 11.6 Å². The van der Waals surface area contributed by atoms with Gasteiger partial charge in [-0.2, -0.15) is 4.98 Å². The van der Waals surface area contributed by atoms with Crippen molar-refractivity contribution >= 4 is 17.3 Å². The van der Waals surface area contributed by atoms with E-state index in [4.69, 9.17) is 16.3 Å². The average Bonchev–Trinajstić information content (AvgIpc) is 2.43. The summed E-state index contributed by atoms with van der Waals surface area (Å²) < 4.78 is 5.91. The lowest BCUT2D eigenvalue weighted by Crippen LogP contribution is -2.08. The highest BCUT2D eigenvalue weighted by Gasteiger charge is 2.14. The van der Waals surface area contributed by atoms with E-state index in [1.54, 1.807) is 0 Å². The van der Waals surface area contributed by atoms with Crippen molar-refractivity contribution in [1.29, 1.82) is 0 Å². The van der Waals surface area contributed by atoms with Gasteiger partial charge in [-0.05, 0) is 19.1 Å². The summed E-state index contributed by atoms with van der Waals surface area (Å²) in [6.45, 7) is 5.91. The molecule has 0 aliphatic carbocycles. The molecule has 2 aromatic rings. The molecule has 0 amide bonds. The minimum absolute atomic E-state index is 0.193. The van der Waals surface area contributed by atoms with Gasteiger partial charge in [0, 0.05) is 37.3 Å². The molecule has 112 valence electrons. The van der Waals surface area contributed by atoms with Crippen molar-refractivity contribution in [2.24, 2.45) is 0 Å². The summed E-state index contributed by atoms with van der Waals surface area (Å²) in [6, 6.07) is 7.83. The topological polar surface area (TPSA) is 38.3 Å². The largest absolute Gasteiger partial charge is 0.438 e. The summed E-state index contributed by atoms with van der Waals surface area (Å²) in [4.78, 5) is 10.8. The molecule has 0 spiro atoms. The van der Waals surface area contributed by atoms with Gasteiger partial charge in [-0.3, -0.25) is 0 Å². The van der Waals surface area contributed by atoms with Gasteiger partial charge in [-0.15, -0.1) is 0 Å². The van der Waals surface area contributed by atoms with Crippen LogP contribution in [0.15, 0.2) is 24.3 Å². The van der Waals surface area contributed by atoms with Crippen LogP contribution in [0, 0.1) is 6.92 Å². The maximum atomic E-state index is 6.17. The number of halogens is 1. The molecule has 0 aliphatic heterocycles. The van der Waals surface area contributed by atoms with E-state index in [1.165, 1.54) is 0 Å². The molecule has 4 nitrogen and oxygen atoms in total. The van der Waals surface area contributed by atoms with E-state index >= 15 is 0 Å². The number of rotatable bonds is 4. The zero-order valence-electron chi connectivity index (χ0n) is 13.0. The Hall–Kier alpha value is -1.81. The van der Waals surface area contributed by atoms with Crippen molar-refractivity contribution in [3.63, 3.8) is 0 Å². The van der Waals surface area contributed by atoms with Gasteiger partial charge in [0.05, 0.1) is 0 Å². The molecule has 1 aromatic carbocycles. The lowest BCUT2D eigenvalue weighted by Gasteiger charge is -2.15. The Kier molecular flexibility index (Phi) is 4.68. The summed E-state index contributed by atoms with van der Waals surface area (Å²) in [5.41, 5.74) is 1.81. The van der Waals surface area contributed by atoms with Crippen LogP contribution < -0.4 is 9.64 Å². The fourth-order valence-corrected chi connectivity index (χ4v) is 1.95. The van der Waals surface area contributed by atoms with Gasteiger partial charge in [0.15, 0.2) is 0 Å². The smallest absolute Gasteiger partial charge is 0.226 e. The van der Waals surface area contributed by atoms with E-state index < -0.39 is 0 Å². The van der Waals surface area contributed by atoms with Crippen molar-refractivity contribution < 1.29 is 4.74 Å². The second-order valence-corrected chi connectivity index (χ2v) is 5.81. The highest BCUT2D eigenvalue weighted by atomic mass is 35.5. The fourth-order valence-electron chi connectivity index (χ4n) is 1.78. The van der Waals surface area contributed by atoms with E-state index in [0.29, 0.717) is 16.9 Å². The Balaban J connectivity index is 2.37. The zero-order chi connectivity index (χ0) is 15.6. The number of hydrogen-bond acceptors (Lipinski definition) is 4. The van der Waals surface area contributed by atoms with E-state index in [9.17, 15) is 0 Å². The average molecular weight is 306 g/mol. The molecule has 0 unspecified atom stereocenters. The quantitative estimate of drug-likeness (QED) is 0.784. The lowest BCUT2D eigenvalue weighted by molar-refractivity contribution is 0.452. The molecule has 0 saturated carbocycles. The van der Waals surface area contributed by atoms with E-state index in [1.807, 2.05) is 64.0 Å². The first-order valence-corrected chi connectivity index (χ1v) is 7.25. The second-order valence-electron chi connectivity index (χ2n) is 5.45. The Bertz CT molecular complexity index is 641. The molecule has 1 aromatic heterocycles. The van der Waals surface area contributed by atoms with Crippen molar-refractivity contribution in [3.05, 3.63) is 40.8 Å². The third-order valence-corrected chi connectivity index (χ3v) is 3.49. The van der Waals surface area contributed by atoms with Crippen LogP contribution >= 0.6 is 11.6 Å². The molecule has 0 atom stereocenters. The van der Waals surface area contributed by atoms with Crippen LogP contribution in [0.4, 0.5) is 5.69 Å². The van der Waals surface area contributed by atoms with Crippen LogP contribution in [0.5, 0.6) is 11.6 Å². The molecule has 1 heterocycles. The summed E-state index contributed by atoms with van der Waals surface area (Å²) in [7, 11) is 3.98. The third kappa shape index (κ3) is 3.64. The second kappa shape index (κ2) is 6.31. The normalized spacial score (nSPS) is 10.8. The standard InChI is InChI=1S/C16H20ClN3O/c1-10(2)15-18-14(17)11(3)16(19-15)21-13-8-6-7-12(9-13)20(4)5/h6-10H,1-5H3. The molecule has 0 fully saturated rings. The Morgan fingerprint density at radius 1 is 1.19 bits per heavy atom. The maximum Gasteiger partial charge on any atom is 0.226 e. The maximum absolute atomic E-state index is 6.17. The number of hydrogen-bond donors (Lipinski definition) is 0. The van der Waals surface area contributed by atoms with E-state index in [-0.39, 0.29) is 5.92 Å². The van der Waals surface area contributed by atoms with E-state index in [2.05, 4.69) is 9.97 Å². The van der Waals surface area contributed by atoms with Gasteiger partial charge in [0.1, 0.15) is 16.7 Å². The van der Waals surface area contributed by atoms with Gasteiger partial charge in [-0.25, -0.2) is 4.98 Å². The summed E-state index contributed by atoms with van der Waals surface area (Å²) in [6.07, 6.45) is 0. The fraction of sp³-hybridized carbons (Fsp3) is 0.375. The number of ether oxygens (including phenoxy) is 1. The predicted molar refractivity (Wildman–Crippen MR) is 86.7 cm³/mol. The number of benzene rings is 1. The Labute approximate surface area is 130 Å².